The molecule has 1 heterocycles. The van der Waals surface area contributed by atoms with Gasteiger partial charge in [-0.25, -0.2) is 8.78 Å². The van der Waals surface area contributed by atoms with Crippen LogP contribution in [-0.4, -0.2) is 37.0 Å². The SMILES string of the molecule is CCNC(=NCCc1cccc(F)c1F)N1CCCC1.I. The Bertz CT molecular complexity index is 474. The first-order chi connectivity index (χ1) is 9.72. The van der Waals surface area contributed by atoms with Crippen LogP contribution in [0.15, 0.2) is 23.2 Å². The van der Waals surface area contributed by atoms with E-state index in [1.807, 2.05) is 6.92 Å². The van der Waals surface area contributed by atoms with Crippen molar-refractivity contribution in [2.75, 3.05) is 26.2 Å². The number of benzene rings is 1. The number of rotatable bonds is 4. The van der Waals surface area contributed by atoms with E-state index in [4.69, 9.17) is 0 Å². The van der Waals surface area contributed by atoms with Gasteiger partial charge in [0.25, 0.3) is 0 Å². The van der Waals surface area contributed by atoms with E-state index < -0.39 is 11.6 Å². The Morgan fingerprint density at radius 3 is 2.67 bits per heavy atom. The highest BCUT2D eigenvalue weighted by molar-refractivity contribution is 14.0. The Kier molecular flexibility index (Phi) is 7.92. The van der Waals surface area contributed by atoms with Gasteiger partial charge in [-0.05, 0) is 37.8 Å². The third-order valence-electron chi connectivity index (χ3n) is 3.41. The standard InChI is InChI=1S/C15H21F2N3.HI/c1-2-18-15(20-10-3-4-11-20)19-9-8-12-6-5-7-13(16)14(12)17;/h5-7H,2-4,8-11H2,1H3,(H,18,19);1H. The summed E-state index contributed by atoms with van der Waals surface area (Å²) in [5.74, 6) is -0.673. The molecule has 1 fully saturated rings. The Balaban J connectivity index is 0.00000220. The number of nitrogens with zero attached hydrogens (tertiary/aromatic N) is 2. The van der Waals surface area contributed by atoms with Crippen LogP contribution in [0, 0.1) is 11.6 Å². The second-order valence-electron chi connectivity index (χ2n) is 4.89. The van der Waals surface area contributed by atoms with Crippen molar-refractivity contribution < 1.29 is 8.78 Å². The maximum atomic E-state index is 13.5. The monoisotopic (exact) mass is 409 g/mol. The summed E-state index contributed by atoms with van der Waals surface area (Å²) in [6.45, 7) is 5.32. The first-order valence-electron chi connectivity index (χ1n) is 7.18. The highest BCUT2D eigenvalue weighted by Crippen LogP contribution is 2.12. The van der Waals surface area contributed by atoms with Crippen molar-refractivity contribution in [1.29, 1.82) is 0 Å². The lowest BCUT2D eigenvalue weighted by Crippen LogP contribution is -2.39. The highest BCUT2D eigenvalue weighted by Gasteiger charge is 2.15. The summed E-state index contributed by atoms with van der Waals surface area (Å²) in [6.07, 6.45) is 2.78. The van der Waals surface area contributed by atoms with Crippen molar-refractivity contribution in [3.63, 3.8) is 0 Å². The Morgan fingerprint density at radius 1 is 1.29 bits per heavy atom. The molecule has 0 bridgehead atoms. The average molecular weight is 409 g/mol. The van der Waals surface area contributed by atoms with Crippen LogP contribution in [-0.2, 0) is 6.42 Å². The van der Waals surface area contributed by atoms with Crippen LogP contribution in [0.5, 0.6) is 0 Å². The second kappa shape index (κ2) is 9.17. The van der Waals surface area contributed by atoms with Gasteiger partial charge in [-0.2, -0.15) is 0 Å². The zero-order valence-corrected chi connectivity index (χ0v) is 14.6. The number of nitrogens with one attached hydrogen (secondary N) is 1. The molecular formula is C15H22F2IN3. The predicted octanol–water partition coefficient (Wildman–Crippen LogP) is 3.19. The van der Waals surface area contributed by atoms with E-state index in [0.717, 1.165) is 31.7 Å². The quantitative estimate of drug-likeness (QED) is 0.470. The van der Waals surface area contributed by atoms with Gasteiger partial charge in [-0.3, -0.25) is 4.99 Å². The van der Waals surface area contributed by atoms with Crippen LogP contribution in [0.1, 0.15) is 25.3 Å². The molecule has 1 saturated heterocycles. The van der Waals surface area contributed by atoms with E-state index in [0.29, 0.717) is 18.5 Å². The van der Waals surface area contributed by atoms with Crippen molar-refractivity contribution >= 4 is 29.9 Å². The largest absolute Gasteiger partial charge is 0.357 e. The number of hydrogen-bond donors (Lipinski definition) is 1. The first-order valence-corrected chi connectivity index (χ1v) is 7.18. The van der Waals surface area contributed by atoms with Gasteiger partial charge < -0.3 is 10.2 Å². The molecule has 1 N–H and O–H groups in total. The molecule has 2 rings (SSSR count). The minimum Gasteiger partial charge on any atom is -0.357 e. The fourth-order valence-electron chi connectivity index (χ4n) is 2.38. The van der Waals surface area contributed by atoms with Gasteiger partial charge >= 0.3 is 0 Å². The lowest BCUT2D eigenvalue weighted by Gasteiger charge is -2.20. The lowest BCUT2D eigenvalue weighted by atomic mass is 10.1. The van der Waals surface area contributed by atoms with Gasteiger partial charge in [-0.15, -0.1) is 24.0 Å². The molecular weight excluding hydrogens is 387 g/mol. The molecule has 0 saturated carbocycles. The Labute approximate surface area is 141 Å². The molecule has 0 radical (unpaired) electrons. The summed E-state index contributed by atoms with van der Waals surface area (Å²) in [4.78, 5) is 6.72. The summed E-state index contributed by atoms with van der Waals surface area (Å²) in [7, 11) is 0. The van der Waals surface area contributed by atoms with Crippen LogP contribution in [0.4, 0.5) is 8.78 Å². The molecule has 118 valence electrons. The highest BCUT2D eigenvalue weighted by atomic mass is 127. The van der Waals surface area contributed by atoms with Crippen molar-refractivity contribution in [1.82, 2.24) is 10.2 Å². The third kappa shape index (κ3) is 5.09. The molecule has 1 aromatic rings. The minimum absolute atomic E-state index is 0. The predicted molar refractivity (Wildman–Crippen MR) is 92.3 cm³/mol. The van der Waals surface area contributed by atoms with E-state index in [9.17, 15) is 8.78 Å². The van der Waals surface area contributed by atoms with Crippen LogP contribution in [0.25, 0.3) is 0 Å². The third-order valence-corrected chi connectivity index (χ3v) is 3.41. The summed E-state index contributed by atoms with van der Waals surface area (Å²) >= 11 is 0. The van der Waals surface area contributed by atoms with Crippen molar-refractivity contribution in [2.24, 2.45) is 4.99 Å². The summed E-state index contributed by atoms with van der Waals surface area (Å²) in [5, 5.41) is 3.24. The topological polar surface area (TPSA) is 27.6 Å². The maximum Gasteiger partial charge on any atom is 0.193 e. The van der Waals surface area contributed by atoms with E-state index in [-0.39, 0.29) is 24.0 Å². The fraction of sp³-hybridized carbons (Fsp3) is 0.533. The van der Waals surface area contributed by atoms with Gasteiger partial charge in [-0.1, -0.05) is 12.1 Å². The summed E-state index contributed by atoms with van der Waals surface area (Å²) < 4.78 is 26.6. The van der Waals surface area contributed by atoms with Crippen molar-refractivity contribution in [3.05, 3.63) is 35.4 Å². The van der Waals surface area contributed by atoms with Crippen LogP contribution < -0.4 is 5.32 Å². The van der Waals surface area contributed by atoms with E-state index in [2.05, 4.69) is 15.2 Å². The van der Waals surface area contributed by atoms with E-state index >= 15 is 0 Å². The van der Waals surface area contributed by atoms with Crippen LogP contribution in [0.3, 0.4) is 0 Å². The van der Waals surface area contributed by atoms with E-state index in [1.165, 1.54) is 18.9 Å². The number of aliphatic imine (C=N–C) groups is 1. The Morgan fingerprint density at radius 2 is 2.00 bits per heavy atom. The van der Waals surface area contributed by atoms with Crippen molar-refractivity contribution in [2.45, 2.75) is 26.2 Å². The number of likely N-dealkylation sites (tertiary alicyclic amines) is 1. The molecule has 1 aliphatic heterocycles. The zero-order chi connectivity index (χ0) is 14.4. The van der Waals surface area contributed by atoms with Crippen LogP contribution in [0.2, 0.25) is 0 Å². The smallest absolute Gasteiger partial charge is 0.193 e. The molecule has 6 heteroatoms. The number of hydrogen-bond acceptors (Lipinski definition) is 1. The van der Waals surface area contributed by atoms with Gasteiger partial charge in [0.1, 0.15) is 0 Å². The second-order valence-corrected chi connectivity index (χ2v) is 4.89. The average Bonchev–Trinajstić information content (AvgIpc) is 2.96. The number of halogens is 3. The molecule has 0 atom stereocenters. The van der Waals surface area contributed by atoms with Crippen molar-refractivity contribution in [3.8, 4) is 0 Å². The molecule has 1 aliphatic rings. The maximum absolute atomic E-state index is 13.5. The Hall–Kier alpha value is -0.920. The van der Waals surface area contributed by atoms with Gasteiger partial charge in [0.15, 0.2) is 17.6 Å². The first kappa shape index (κ1) is 18.1. The molecule has 0 aromatic heterocycles. The minimum atomic E-state index is -0.794. The van der Waals surface area contributed by atoms with Gasteiger partial charge in [0.05, 0.1) is 0 Å². The lowest BCUT2D eigenvalue weighted by molar-refractivity contribution is 0.491. The molecule has 0 aliphatic carbocycles. The van der Waals surface area contributed by atoms with Crippen LogP contribution >= 0.6 is 24.0 Å². The van der Waals surface area contributed by atoms with Gasteiger partial charge in [0.2, 0.25) is 0 Å². The van der Waals surface area contributed by atoms with Gasteiger partial charge in [0, 0.05) is 26.2 Å². The summed E-state index contributed by atoms with van der Waals surface area (Å²) in [6, 6.07) is 4.27. The molecule has 21 heavy (non-hydrogen) atoms. The number of guanidine groups is 1. The molecule has 0 spiro atoms. The normalized spacial score (nSPS) is 15.0. The van der Waals surface area contributed by atoms with E-state index in [1.54, 1.807) is 6.07 Å². The molecule has 3 nitrogen and oxygen atoms in total. The summed E-state index contributed by atoms with van der Waals surface area (Å²) in [5.41, 5.74) is 0.381. The molecule has 0 amide bonds. The molecule has 0 unspecified atom stereocenters. The molecule has 1 aromatic carbocycles. The fourth-order valence-corrected chi connectivity index (χ4v) is 2.38. The zero-order valence-electron chi connectivity index (χ0n) is 12.2.